The van der Waals surface area contributed by atoms with Crippen LogP contribution >= 0.6 is 0 Å². The Balaban J connectivity index is 2.00. The first-order valence-electron chi connectivity index (χ1n) is 9.10. The standard InChI is InChI=1S/C21H27N3O2/c1-13(2)10-15(22-4)12-26-16-6-7-17-18-8-9-23-14(3)20(18)21(25)24(5)19(17)11-16/h6-9,11,13,15,22H,10,12H2,1-5H3. The maximum atomic E-state index is 12.8. The molecule has 0 saturated carbocycles. The molecule has 26 heavy (non-hydrogen) atoms. The number of aromatic nitrogens is 2. The highest BCUT2D eigenvalue weighted by molar-refractivity contribution is 6.06. The van der Waals surface area contributed by atoms with E-state index in [4.69, 9.17) is 4.74 Å². The SMILES string of the molecule is CNC(COc1ccc2c3ccnc(C)c3c(=O)n(C)c2c1)CC(C)C. The van der Waals surface area contributed by atoms with Crippen LogP contribution in [0.15, 0.2) is 35.3 Å². The van der Waals surface area contributed by atoms with Crippen molar-refractivity contribution < 1.29 is 4.74 Å². The molecule has 5 heteroatoms. The predicted molar refractivity (Wildman–Crippen MR) is 107 cm³/mol. The second-order valence-corrected chi connectivity index (χ2v) is 7.29. The van der Waals surface area contributed by atoms with Crippen LogP contribution in [0.1, 0.15) is 26.0 Å². The quantitative estimate of drug-likeness (QED) is 0.690. The van der Waals surface area contributed by atoms with Crippen molar-refractivity contribution >= 4 is 21.7 Å². The number of fused-ring (bicyclic) bond motifs is 3. The second-order valence-electron chi connectivity index (χ2n) is 7.29. The molecule has 0 aliphatic heterocycles. The molecule has 5 nitrogen and oxygen atoms in total. The summed E-state index contributed by atoms with van der Waals surface area (Å²) in [4.78, 5) is 17.1. The van der Waals surface area contributed by atoms with Crippen molar-refractivity contribution in [2.24, 2.45) is 13.0 Å². The van der Waals surface area contributed by atoms with Gasteiger partial charge in [-0.05, 0) is 49.9 Å². The summed E-state index contributed by atoms with van der Waals surface area (Å²) in [7, 11) is 3.76. The first-order valence-corrected chi connectivity index (χ1v) is 9.10. The smallest absolute Gasteiger partial charge is 0.260 e. The second kappa shape index (κ2) is 7.46. The molecule has 0 spiro atoms. The number of ether oxygens (including phenoxy) is 1. The Hall–Kier alpha value is -2.40. The van der Waals surface area contributed by atoms with Crippen LogP contribution in [-0.2, 0) is 7.05 Å². The molecule has 1 aromatic carbocycles. The highest BCUT2D eigenvalue weighted by Crippen LogP contribution is 2.27. The van der Waals surface area contributed by atoms with E-state index in [-0.39, 0.29) is 5.56 Å². The molecule has 2 heterocycles. The van der Waals surface area contributed by atoms with Crippen molar-refractivity contribution in [3.63, 3.8) is 0 Å². The van der Waals surface area contributed by atoms with Gasteiger partial charge in [-0.2, -0.15) is 0 Å². The maximum absolute atomic E-state index is 12.8. The number of likely N-dealkylation sites (N-methyl/N-ethyl adjacent to an activating group) is 1. The first kappa shape index (κ1) is 18.4. The minimum absolute atomic E-state index is 0.0249. The summed E-state index contributed by atoms with van der Waals surface area (Å²) in [5, 5.41) is 5.96. The molecule has 0 saturated heterocycles. The minimum Gasteiger partial charge on any atom is -0.492 e. The topological polar surface area (TPSA) is 56.1 Å². The van der Waals surface area contributed by atoms with Crippen molar-refractivity contribution in [2.75, 3.05) is 13.7 Å². The summed E-state index contributed by atoms with van der Waals surface area (Å²) in [6, 6.07) is 8.17. The molecule has 0 radical (unpaired) electrons. The van der Waals surface area contributed by atoms with Gasteiger partial charge < -0.3 is 14.6 Å². The Morgan fingerprint density at radius 1 is 1.23 bits per heavy atom. The van der Waals surface area contributed by atoms with Crippen LogP contribution in [0.4, 0.5) is 0 Å². The molecule has 3 rings (SSSR count). The molecule has 0 aliphatic rings. The number of hydrogen-bond acceptors (Lipinski definition) is 4. The summed E-state index contributed by atoms with van der Waals surface area (Å²) in [5.41, 5.74) is 1.61. The van der Waals surface area contributed by atoms with Crippen LogP contribution in [0.2, 0.25) is 0 Å². The Morgan fingerprint density at radius 3 is 2.69 bits per heavy atom. The van der Waals surface area contributed by atoms with Gasteiger partial charge in [-0.25, -0.2) is 0 Å². The number of nitrogens with one attached hydrogen (secondary N) is 1. The predicted octanol–water partition coefficient (Wildman–Crippen LogP) is 3.41. The van der Waals surface area contributed by atoms with E-state index in [1.165, 1.54) is 0 Å². The Morgan fingerprint density at radius 2 is 2.00 bits per heavy atom. The number of hydrogen-bond donors (Lipinski definition) is 1. The Labute approximate surface area is 154 Å². The average Bonchev–Trinajstić information content (AvgIpc) is 2.62. The third-order valence-corrected chi connectivity index (χ3v) is 4.90. The van der Waals surface area contributed by atoms with Gasteiger partial charge in [-0.3, -0.25) is 9.78 Å². The molecule has 2 aromatic heterocycles. The molecule has 0 bridgehead atoms. The normalized spacial score (nSPS) is 12.8. The number of aryl methyl sites for hydroxylation is 2. The molecule has 3 aromatic rings. The van der Waals surface area contributed by atoms with E-state index in [1.807, 2.05) is 38.2 Å². The summed E-state index contributed by atoms with van der Waals surface area (Å²) in [6.45, 7) is 6.89. The lowest BCUT2D eigenvalue weighted by molar-refractivity contribution is 0.251. The molecule has 0 amide bonds. The number of nitrogens with zero attached hydrogens (tertiary/aromatic N) is 2. The van der Waals surface area contributed by atoms with Gasteiger partial charge in [-0.1, -0.05) is 13.8 Å². The largest absolute Gasteiger partial charge is 0.492 e. The fraction of sp³-hybridized carbons (Fsp3) is 0.429. The van der Waals surface area contributed by atoms with E-state index in [0.29, 0.717) is 24.0 Å². The van der Waals surface area contributed by atoms with E-state index in [1.54, 1.807) is 17.8 Å². The van der Waals surface area contributed by atoms with Crippen molar-refractivity contribution in [1.29, 1.82) is 0 Å². The zero-order chi connectivity index (χ0) is 18.8. The van der Waals surface area contributed by atoms with Crippen LogP contribution in [-0.4, -0.2) is 29.2 Å². The molecule has 0 aliphatic carbocycles. The lowest BCUT2D eigenvalue weighted by Crippen LogP contribution is -2.33. The van der Waals surface area contributed by atoms with E-state index in [0.717, 1.165) is 34.2 Å². The van der Waals surface area contributed by atoms with Gasteiger partial charge in [0.1, 0.15) is 12.4 Å². The van der Waals surface area contributed by atoms with Gasteiger partial charge in [0, 0.05) is 30.7 Å². The fourth-order valence-corrected chi connectivity index (χ4v) is 3.48. The van der Waals surface area contributed by atoms with E-state index in [2.05, 4.69) is 24.1 Å². The third kappa shape index (κ3) is 3.44. The fourth-order valence-electron chi connectivity index (χ4n) is 3.48. The third-order valence-electron chi connectivity index (χ3n) is 4.90. The molecule has 138 valence electrons. The van der Waals surface area contributed by atoms with Crippen LogP contribution in [0.3, 0.4) is 0 Å². The Kier molecular flexibility index (Phi) is 5.28. The number of benzene rings is 1. The molecule has 1 unspecified atom stereocenters. The lowest BCUT2D eigenvalue weighted by atomic mass is 10.0. The molecular formula is C21H27N3O2. The molecule has 1 atom stereocenters. The van der Waals surface area contributed by atoms with Gasteiger partial charge in [-0.15, -0.1) is 0 Å². The minimum atomic E-state index is -0.0249. The zero-order valence-electron chi connectivity index (χ0n) is 16.2. The summed E-state index contributed by atoms with van der Waals surface area (Å²) < 4.78 is 7.69. The van der Waals surface area contributed by atoms with Crippen molar-refractivity contribution in [1.82, 2.24) is 14.9 Å². The van der Waals surface area contributed by atoms with Crippen LogP contribution in [0, 0.1) is 12.8 Å². The number of pyridine rings is 2. The maximum Gasteiger partial charge on any atom is 0.260 e. The summed E-state index contributed by atoms with van der Waals surface area (Å²) in [6.07, 6.45) is 2.81. The van der Waals surface area contributed by atoms with Crippen LogP contribution < -0.4 is 15.6 Å². The molecule has 1 N–H and O–H groups in total. The van der Waals surface area contributed by atoms with Crippen molar-refractivity contribution in [2.45, 2.75) is 33.2 Å². The van der Waals surface area contributed by atoms with Gasteiger partial charge in [0.25, 0.3) is 5.56 Å². The van der Waals surface area contributed by atoms with Gasteiger partial charge in [0.15, 0.2) is 0 Å². The average molecular weight is 353 g/mol. The summed E-state index contributed by atoms with van der Waals surface area (Å²) in [5.74, 6) is 1.39. The highest BCUT2D eigenvalue weighted by Gasteiger charge is 2.13. The van der Waals surface area contributed by atoms with Gasteiger partial charge >= 0.3 is 0 Å². The molecule has 0 fully saturated rings. The van der Waals surface area contributed by atoms with E-state index < -0.39 is 0 Å². The van der Waals surface area contributed by atoms with Crippen LogP contribution in [0.25, 0.3) is 21.7 Å². The van der Waals surface area contributed by atoms with Gasteiger partial charge in [0.2, 0.25) is 0 Å². The number of rotatable bonds is 6. The van der Waals surface area contributed by atoms with E-state index in [9.17, 15) is 4.79 Å². The van der Waals surface area contributed by atoms with Crippen molar-refractivity contribution in [3.05, 3.63) is 46.5 Å². The lowest BCUT2D eigenvalue weighted by Gasteiger charge is -2.19. The highest BCUT2D eigenvalue weighted by atomic mass is 16.5. The Bertz CT molecular complexity index is 992. The van der Waals surface area contributed by atoms with Crippen molar-refractivity contribution in [3.8, 4) is 5.75 Å². The first-order chi connectivity index (χ1) is 12.4. The summed E-state index contributed by atoms with van der Waals surface area (Å²) >= 11 is 0. The monoisotopic (exact) mass is 353 g/mol. The van der Waals surface area contributed by atoms with Gasteiger partial charge in [0.05, 0.1) is 16.6 Å². The molecular weight excluding hydrogens is 326 g/mol. The zero-order valence-corrected chi connectivity index (χ0v) is 16.2. The van der Waals surface area contributed by atoms with Crippen LogP contribution in [0.5, 0.6) is 5.75 Å². The van der Waals surface area contributed by atoms with E-state index >= 15 is 0 Å².